The van der Waals surface area contributed by atoms with Crippen molar-refractivity contribution in [2.75, 3.05) is 51.7 Å². The lowest BCUT2D eigenvalue weighted by atomic mass is 10.2. The molecule has 30 heavy (non-hydrogen) atoms. The SMILES string of the molecule is CN=C(NCc1ccnc(N2CCN(C)CC2)c1)NCC(C)Oc1ccccc1F. The van der Waals surface area contributed by atoms with E-state index >= 15 is 0 Å². The second-order valence-corrected chi connectivity index (χ2v) is 7.48. The lowest BCUT2D eigenvalue weighted by molar-refractivity contribution is 0.214. The fourth-order valence-electron chi connectivity index (χ4n) is 3.22. The minimum absolute atomic E-state index is 0.217. The summed E-state index contributed by atoms with van der Waals surface area (Å²) in [7, 11) is 3.87. The average molecular weight is 415 g/mol. The van der Waals surface area contributed by atoms with E-state index in [2.05, 4.69) is 43.5 Å². The van der Waals surface area contributed by atoms with Crippen LogP contribution in [-0.4, -0.2) is 68.8 Å². The summed E-state index contributed by atoms with van der Waals surface area (Å²) in [5, 5.41) is 6.53. The maximum atomic E-state index is 13.7. The van der Waals surface area contributed by atoms with Crippen molar-refractivity contribution >= 4 is 11.8 Å². The zero-order valence-corrected chi connectivity index (χ0v) is 17.9. The highest BCUT2D eigenvalue weighted by Gasteiger charge is 2.15. The smallest absolute Gasteiger partial charge is 0.191 e. The topological polar surface area (TPSA) is 65.0 Å². The number of hydrogen-bond acceptors (Lipinski definition) is 5. The summed E-state index contributed by atoms with van der Waals surface area (Å²) in [5.74, 6) is 1.57. The van der Waals surface area contributed by atoms with E-state index < -0.39 is 0 Å². The molecule has 2 aromatic rings. The molecule has 2 heterocycles. The van der Waals surface area contributed by atoms with Crippen molar-refractivity contribution in [3.05, 3.63) is 54.0 Å². The number of anilines is 1. The Morgan fingerprint density at radius 2 is 1.97 bits per heavy atom. The summed E-state index contributed by atoms with van der Waals surface area (Å²) in [6.07, 6.45) is 1.63. The standard InChI is InChI=1S/C22H31FN6O/c1-17(30-20-7-5-4-6-19(20)23)15-26-22(24-2)27-16-18-8-9-25-21(14-18)29-12-10-28(3)11-13-29/h4-9,14,17H,10-13,15-16H2,1-3H3,(H2,24,26,27). The quantitative estimate of drug-likeness (QED) is 0.534. The number of nitrogens with one attached hydrogen (secondary N) is 2. The molecule has 0 amide bonds. The molecule has 1 atom stereocenters. The fourth-order valence-corrected chi connectivity index (χ4v) is 3.22. The first-order chi connectivity index (χ1) is 14.5. The maximum Gasteiger partial charge on any atom is 0.191 e. The molecule has 1 aromatic heterocycles. The molecule has 0 aliphatic carbocycles. The molecule has 1 unspecified atom stereocenters. The van der Waals surface area contributed by atoms with Crippen LogP contribution in [0.15, 0.2) is 47.6 Å². The van der Waals surface area contributed by atoms with E-state index in [9.17, 15) is 4.39 Å². The molecular weight excluding hydrogens is 383 g/mol. The summed E-state index contributed by atoms with van der Waals surface area (Å²) in [6, 6.07) is 10.5. The minimum atomic E-state index is -0.360. The molecule has 8 heteroatoms. The summed E-state index contributed by atoms with van der Waals surface area (Å²) >= 11 is 0. The van der Waals surface area contributed by atoms with Crippen LogP contribution in [0.5, 0.6) is 5.75 Å². The summed E-state index contributed by atoms with van der Waals surface area (Å²) in [4.78, 5) is 13.4. The summed E-state index contributed by atoms with van der Waals surface area (Å²) in [6.45, 7) is 7.09. The highest BCUT2D eigenvalue weighted by atomic mass is 19.1. The van der Waals surface area contributed by atoms with Gasteiger partial charge in [-0.3, -0.25) is 4.99 Å². The van der Waals surface area contributed by atoms with Gasteiger partial charge in [0.2, 0.25) is 0 Å². The highest BCUT2D eigenvalue weighted by molar-refractivity contribution is 5.79. The van der Waals surface area contributed by atoms with Gasteiger partial charge in [0, 0.05) is 46.0 Å². The van der Waals surface area contributed by atoms with Crippen molar-refractivity contribution in [1.29, 1.82) is 0 Å². The third kappa shape index (κ3) is 6.32. The molecule has 1 aliphatic rings. The van der Waals surface area contributed by atoms with Crippen molar-refractivity contribution in [3.8, 4) is 5.75 Å². The fraction of sp³-hybridized carbons (Fsp3) is 0.455. The molecule has 1 fully saturated rings. The number of para-hydroxylation sites is 1. The van der Waals surface area contributed by atoms with Gasteiger partial charge in [-0.2, -0.15) is 0 Å². The lowest BCUT2D eigenvalue weighted by Crippen LogP contribution is -2.44. The molecule has 0 saturated carbocycles. The molecule has 3 rings (SSSR count). The zero-order chi connectivity index (χ0) is 21.3. The number of nitrogens with zero attached hydrogens (tertiary/aromatic N) is 4. The average Bonchev–Trinajstić information content (AvgIpc) is 2.76. The van der Waals surface area contributed by atoms with Crippen LogP contribution < -0.4 is 20.3 Å². The van der Waals surface area contributed by atoms with E-state index in [4.69, 9.17) is 4.74 Å². The van der Waals surface area contributed by atoms with Crippen LogP contribution in [0.1, 0.15) is 12.5 Å². The van der Waals surface area contributed by atoms with Gasteiger partial charge in [-0.25, -0.2) is 9.37 Å². The Hall–Kier alpha value is -2.87. The van der Waals surface area contributed by atoms with Crippen LogP contribution in [0.25, 0.3) is 0 Å². The molecule has 1 aromatic carbocycles. The number of piperazine rings is 1. The molecule has 1 aliphatic heterocycles. The molecule has 1 saturated heterocycles. The minimum Gasteiger partial charge on any atom is -0.486 e. The van der Waals surface area contributed by atoms with Gasteiger partial charge in [0.1, 0.15) is 11.9 Å². The van der Waals surface area contributed by atoms with Crippen LogP contribution in [-0.2, 0) is 6.54 Å². The molecule has 0 radical (unpaired) electrons. The third-order valence-corrected chi connectivity index (χ3v) is 5.04. The van der Waals surface area contributed by atoms with Gasteiger partial charge in [0.25, 0.3) is 0 Å². The molecular formula is C22H31FN6O. The predicted octanol–water partition coefficient (Wildman–Crippen LogP) is 2.11. The monoisotopic (exact) mass is 414 g/mol. The number of rotatable bonds is 7. The Kier molecular flexibility index (Phi) is 7.84. The lowest BCUT2D eigenvalue weighted by Gasteiger charge is -2.33. The van der Waals surface area contributed by atoms with E-state index in [1.807, 2.05) is 19.2 Å². The third-order valence-electron chi connectivity index (χ3n) is 5.04. The highest BCUT2D eigenvalue weighted by Crippen LogP contribution is 2.17. The Morgan fingerprint density at radius 1 is 1.20 bits per heavy atom. The molecule has 0 bridgehead atoms. The van der Waals surface area contributed by atoms with Gasteiger partial charge in [0.15, 0.2) is 17.5 Å². The van der Waals surface area contributed by atoms with Gasteiger partial charge < -0.3 is 25.2 Å². The van der Waals surface area contributed by atoms with E-state index in [-0.39, 0.29) is 17.7 Å². The van der Waals surface area contributed by atoms with Gasteiger partial charge in [-0.05, 0) is 43.8 Å². The number of pyridine rings is 1. The Bertz CT molecular complexity index is 838. The largest absolute Gasteiger partial charge is 0.486 e. The molecule has 2 N–H and O–H groups in total. The van der Waals surface area contributed by atoms with Crippen LogP contribution in [0.2, 0.25) is 0 Å². The number of hydrogen-bond donors (Lipinski definition) is 2. The first-order valence-corrected chi connectivity index (χ1v) is 10.3. The Balaban J connectivity index is 1.47. The first-order valence-electron chi connectivity index (χ1n) is 10.3. The second kappa shape index (κ2) is 10.8. The van der Waals surface area contributed by atoms with E-state index in [1.54, 1.807) is 25.2 Å². The van der Waals surface area contributed by atoms with Crippen molar-refractivity contribution < 1.29 is 9.13 Å². The number of aromatic nitrogens is 1. The Morgan fingerprint density at radius 3 is 2.70 bits per heavy atom. The maximum absolute atomic E-state index is 13.7. The van der Waals surface area contributed by atoms with Crippen LogP contribution in [0, 0.1) is 5.82 Å². The van der Waals surface area contributed by atoms with E-state index in [1.165, 1.54) is 6.07 Å². The van der Waals surface area contributed by atoms with Crippen molar-refractivity contribution in [2.45, 2.75) is 19.6 Å². The number of aliphatic imine (C=N–C) groups is 1. The van der Waals surface area contributed by atoms with Crippen LogP contribution >= 0.6 is 0 Å². The van der Waals surface area contributed by atoms with E-state index in [0.29, 0.717) is 19.0 Å². The van der Waals surface area contributed by atoms with Gasteiger partial charge in [-0.1, -0.05) is 12.1 Å². The number of guanidine groups is 1. The van der Waals surface area contributed by atoms with Crippen molar-refractivity contribution in [1.82, 2.24) is 20.5 Å². The number of halogens is 1. The van der Waals surface area contributed by atoms with Gasteiger partial charge in [-0.15, -0.1) is 0 Å². The van der Waals surface area contributed by atoms with Crippen LogP contribution in [0.4, 0.5) is 10.2 Å². The van der Waals surface area contributed by atoms with Gasteiger partial charge in [0.05, 0.1) is 6.54 Å². The summed E-state index contributed by atoms with van der Waals surface area (Å²) < 4.78 is 19.4. The second-order valence-electron chi connectivity index (χ2n) is 7.48. The summed E-state index contributed by atoms with van der Waals surface area (Å²) in [5.41, 5.74) is 1.14. The zero-order valence-electron chi connectivity index (χ0n) is 17.9. The predicted molar refractivity (Wildman–Crippen MR) is 119 cm³/mol. The number of ether oxygens (including phenoxy) is 1. The molecule has 7 nitrogen and oxygen atoms in total. The number of benzene rings is 1. The molecule has 162 valence electrons. The van der Waals surface area contributed by atoms with Gasteiger partial charge >= 0.3 is 0 Å². The normalized spacial score (nSPS) is 16.3. The van der Waals surface area contributed by atoms with E-state index in [0.717, 1.165) is 37.6 Å². The van der Waals surface area contributed by atoms with Crippen molar-refractivity contribution in [3.63, 3.8) is 0 Å². The first kappa shape index (κ1) is 21.8. The molecule has 0 spiro atoms. The van der Waals surface area contributed by atoms with Crippen LogP contribution in [0.3, 0.4) is 0 Å². The van der Waals surface area contributed by atoms with Crippen molar-refractivity contribution in [2.24, 2.45) is 4.99 Å². The number of likely N-dealkylation sites (N-methyl/N-ethyl adjacent to an activating group) is 1. The Labute approximate surface area is 178 Å².